The lowest BCUT2D eigenvalue weighted by Gasteiger charge is -2.31. The molecule has 7 nitrogen and oxygen atoms in total. The number of nitrogens with one attached hydrogen (secondary N) is 1. The van der Waals surface area contributed by atoms with Crippen molar-refractivity contribution in [3.05, 3.63) is 65.7 Å². The third-order valence-corrected chi connectivity index (χ3v) is 9.68. The molecule has 2 aromatic carbocycles. The van der Waals surface area contributed by atoms with E-state index in [4.69, 9.17) is 4.74 Å². The second kappa shape index (κ2) is 12.3. The zero-order valence-corrected chi connectivity index (χ0v) is 23.6. The van der Waals surface area contributed by atoms with E-state index in [1.807, 2.05) is 51.1 Å². The average Bonchev–Trinajstić information content (AvgIpc) is 3.53. The van der Waals surface area contributed by atoms with E-state index < -0.39 is 22.2 Å². The Bertz CT molecular complexity index is 1160. The molecule has 1 aliphatic carbocycles. The van der Waals surface area contributed by atoms with Gasteiger partial charge < -0.3 is 15.2 Å². The van der Waals surface area contributed by atoms with Crippen LogP contribution in [0, 0.1) is 18.8 Å². The number of hydrogen-bond acceptors (Lipinski definition) is 5. The molecule has 38 heavy (non-hydrogen) atoms. The number of benzene rings is 2. The molecule has 2 unspecified atom stereocenters. The number of carbonyl (C=O) groups is 1. The Morgan fingerprint density at radius 2 is 1.82 bits per heavy atom. The van der Waals surface area contributed by atoms with Gasteiger partial charge in [0.05, 0.1) is 22.6 Å². The van der Waals surface area contributed by atoms with Crippen LogP contribution in [0.25, 0.3) is 0 Å². The van der Waals surface area contributed by atoms with Gasteiger partial charge in [-0.05, 0) is 69.1 Å². The van der Waals surface area contributed by atoms with Crippen molar-refractivity contribution >= 4 is 15.9 Å². The first kappa shape index (κ1) is 28.7. The van der Waals surface area contributed by atoms with E-state index in [-0.39, 0.29) is 41.3 Å². The lowest BCUT2D eigenvalue weighted by molar-refractivity contribution is -0.127. The Kier molecular flexibility index (Phi) is 9.29. The quantitative estimate of drug-likeness (QED) is 0.446. The first-order valence-electron chi connectivity index (χ1n) is 13.8. The van der Waals surface area contributed by atoms with Crippen LogP contribution < -0.4 is 5.32 Å². The Hall–Kier alpha value is -2.26. The van der Waals surface area contributed by atoms with E-state index in [0.717, 1.165) is 43.4 Å². The van der Waals surface area contributed by atoms with E-state index in [1.165, 1.54) is 4.31 Å². The van der Waals surface area contributed by atoms with Gasteiger partial charge in [-0.25, -0.2) is 8.42 Å². The largest absolute Gasteiger partial charge is 0.390 e. The number of hydrogen-bond donors (Lipinski definition) is 2. The van der Waals surface area contributed by atoms with Crippen molar-refractivity contribution in [2.24, 2.45) is 11.8 Å². The normalized spacial score (nSPS) is 23.3. The predicted molar refractivity (Wildman–Crippen MR) is 148 cm³/mol. The summed E-state index contributed by atoms with van der Waals surface area (Å²) in [6.45, 7) is 6.73. The SMILES string of the molecule is Cc1ccc(S(=O)(=O)N(CC(C)C)C[C@H](O)[C@H](Cc2ccccc2)NC(=O)C2CCC3(CCCO3)C2)cc1. The molecule has 1 saturated carbocycles. The molecule has 208 valence electrons. The van der Waals surface area contributed by atoms with Crippen LogP contribution in [-0.2, 0) is 26.0 Å². The average molecular weight is 543 g/mol. The summed E-state index contributed by atoms with van der Waals surface area (Å²) in [5, 5.41) is 14.6. The van der Waals surface area contributed by atoms with Gasteiger partial charge in [0.25, 0.3) is 0 Å². The van der Waals surface area contributed by atoms with Crippen molar-refractivity contribution in [1.82, 2.24) is 9.62 Å². The van der Waals surface area contributed by atoms with Crippen molar-refractivity contribution in [1.29, 1.82) is 0 Å². The number of aliphatic hydroxyl groups excluding tert-OH is 1. The van der Waals surface area contributed by atoms with Crippen molar-refractivity contribution < 1.29 is 23.1 Å². The topological polar surface area (TPSA) is 95.9 Å². The second-order valence-electron chi connectivity index (χ2n) is 11.5. The Morgan fingerprint density at radius 3 is 2.45 bits per heavy atom. The molecule has 2 aromatic rings. The van der Waals surface area contributed by atoms with Gasteiger partial charge in [0.2, 0.25) is 15.9 Å². The summed E-state index contributed by atoms with van der Waals surface area (Å²) in [4.78, 5) is 13.6. The number of aryl methyl sites for hydroxylation is 1. The molecular weight excluding hydrogens is 500 g/mol. The molecule has 1 spiro atoms. The first-order chi connectivity index (χ1) is 18.1. The van der Waals surface area contributed by atoms with Crippen LogP contribution in [0.15, 0.2) is 59.5 Å². The Labute approximate surface area is 227 Å². The van der Waals surface area contributed by atoms with Gasteiger partial charge in [-0.1, -0.05) is 61.9 Å². The van der Waals surface area contributed by atoms with E-state index in [0.29, 0.717) is 12.8 Å². The lowest BCUT2D eigenvalue weighted by Crippen LogP contribution is -2.52. The van der Waals surface area contributed by atoms with Gasteiger partial charge in [0.15, 0.2) is 0 Å². The summed E-state index contributed by atoms with van der Waals surface area (Å²) in [6.07, 6.45) is 3.70. The standard InChI is InChI=1S/C30H42N2O5S/c1-22(2)20-32(38(35,36)26-12-10-23(3)11-13-26)21-28(33)27(18-24-8-5-4-6-9-24)31-29(34)25-14-16-30(19-25)15-7-17-37-30/h4-6,8-13,22,25,27-28,33H,7,14-21H2,1-3H3,(H,31,34)/t25?,27-,28-,30?/m0/s1. The van der Waals surface area contributed by atoms with Crippen LogP contribution >= 0.6 is 0 Å². The third kappa shape index (κ3) is 7.03. The van der Waals surface area contributed by atoms with Crippen LogP contribution in [-0.4, -0.2) is 61.2 Å². The fraction of sp³-hybridized carbons (Fsp3) is 0.567. The van der Waals surface area contributed by atoms with Crippen LogP contribution in [0.5, 0.6) is 0 Å². The van der Waals surface area contributed by atoms with Crippen molar-refractivity contribution in [2.75, 3.05) is 19.7 Å². The predicted octanol–water partition coefficient (Wildman–Crippen LogP) is 4.08. The zero-order valence-electron chi connectivity index (χ0n) is 22.8. The van der Waals surface area contributed by atoms with E-state index in [1.54, 1.807) is 24.3 Å². The molecule has 1 saturated heterocycles. The number of ether oxygens (including phenoxy) is 1. The minimum Gasteiger partial charge on any atom is -0.390 e. The molecule has 0 aromatic heterocycles. The van der Waals surface area contributed by atoms with Crippen molar-refractivity contribution in [2.45, 2.75) is 81.9 Å². The Morgan fingerprint density at radius 1 is 1.11 bits per heavy atom. The highest BCUT2D eigenvalue weighted by Crippen LogP contribution is 2.44. The molecular formula is C30H42N2O5S. The van der Waals surface area contributed by atoms with Crippen LogP contribution in [0.4, 0.5) is 0 Å². The maximum atomic E-state index is 13.6. The molecule has 8 heteroatoms. The highest BCUT2D eigenvalue weighted by Gasteiger charge is 2.45. The number of aliphatic hydroxyl groups is 1. The first-order valence-corrected chi connectivity index (χ1v) is 15.3. The Balaban J connectivity index is 1.53. The number of sulfonamides is 1. The molecule has 1 aliphatic heterocycles. The number of carbonyl (C=O) groups excluding carboxylic acids is 1. The summed E-state index contributed by atoms with van der Waals surface area (Å²) in [5.74, 6) is -0.193. The fourth-order valence-electron chi connectivity index (χ4n) is 5.75. The molecule has 1 amide bonds. The van der Waals surface area contributed by atoms with Gasteiger partial charge in [0.1, 0.15) is 0 Å². The molecule has 2 aliphatic rings. The molecule has 0 radical (unpaired) electrons. The van der Waals surface area contributed by atoms with Gasteiger partial charge in [-0.3, -0.25) is 4.79 Å². The van der Waals surface area contributed by atoms with E-state index >= 15 is 0 Å². The van der Waals surface area contributed by atoms with Crippen LogP contribution in [0.1, 0.15) is 57.1 Å². The van der Waals surface area contributed by atoms with Gasteiger partial charge in [-0.15, -0.1) is 0 Å². The van der Waals surface area contributed by atoms with Crippen LogP contribution in [0.2, 0.25) is 0 Å². The molecule has 1 heterocycles. The minimum atomic E-state index is -3.83. The number of amides is 1. The third-order valence-electron chi connectivity index (χ3n) is 7.83. The summed E-state index contributed by atoms with van der Waals surface area (Å²) in [5.41, 5.74) is 1.77. The number of nitrogens with zero attached hydrogens (tertiary/aromatic N) is 1. The summed E-state index contributed by atoms with van der Waals surface area (Å²) in [7, 11) is -3.83. The van der Waals surface area contributed by atoms with Crippen LogP contribution in [0.3, 0.4) is 0 Å². The van der Waals surface area contributed by atoms with Crippen molar-refractivity contribution in [3.63, 3.8) is 0 Å². The monoisotopic (exact) mass is 542 g/mol. The molecule has 2 N–H and O–H groups in total. The fourth-order valence-corrected chi connectivity index (χ4v) is 7.37. The van der Waals surface area contributed by atoms with Gasteiger partial charge in [0, 0.05) is 25.6 Å². The summed E-state index contributed by atoms with van der Waals surface area (Å²) in [6, 6.07) is 15.8. The lowest BCUT2D eigenvalue weighted by atomic mass is 9.95. The molecule has 2 fully saturated rings. The van der Waals surface area contributed by atoms with E-state index in [2.05, 4.69) is 5.32 Å². The molecule has 0 bridgehead atoms. The highest BCUT2D eigenvalue weighted by atomic mass is 32.2. The minimum absolute atomic E-state index is 0.0608. The number of rotatable bonds is 11. The molecule has 4 rings (SSSR count). The van der Waals surface area contributed by atoms with Gasteiger partial charge in [-0.2, -0.15) is 4.31 Å². The summed E-state index contributed by atoms with van der Waals surface area (Å²) >= 11 is 0. The maximum Gasteiger partial charge on any atom is 0.243 e. The smallest absolute Gasteiger partial charge is 0.243 e. The van der Waals surface area contributed by atoms with Crippen molar-refractivity contribution in [3.8, 4) is 0 Å². The van der Waals surface area contributed by atoms with Gasteiger partial charge >= 0.3 is 0 Å². The second-order valence-corrected chi connectivity index (χ2v) is 13.4. The summed E-state index contributed by atoms with van der Waals surface area (Å²) < 4.78 is 34.5. The maximum absolute atomic E-state index is 13.6. The molecule has 4 atom stereocenters. The zero-order chi connectivity index (χ0) is 27.3. The highest BCUT2D eigenvalue weighted by molar-refractivity contribution is 7.89. The van der Waals surface area contributed by atoms with E-state index in [9.17, 15) is 18.3 Å².